The smallest absolute Gasteiger partial charge is 0.345 e. The van der Waals surface area contributed by atoms with Crippen LogP contribution >= 0.6 is 0 Å². The van der Waals surface area contributed by atoms with Gasteiger partial charge in [0.1, 0.15) is 24.4 Å². The van der Waals surface area contributed by atoms with Gasteiger partial charge >= 0.3 is 11.9 Å². The maximum absolute atomic E-state index is 13.1. The van der Waals surface area contributed by atoms with E-state index in [2.05, 4.69) is 11.2 Å². The summed E-state index contributed by atoms with van der Waals surface area (Å²) in [5.74, 6) is -2.03. The summed E-state index contributed by atoms with van der Waals surface area (Å²) in [5.41, 5.74) is -0.0834. The molecule has 11 nitrogen and oxygen atoms in total. The average Bonchev–Trinajstić information content (AvgIpc) is 3.26. The minimum atomic E-state index is -1.12. The van der Waals surface area contributed by atoms with Gasteiger partial charge in [0.05, 0.1) is 33.0 Å². The van der Waals surface area contributed by atoms with Gasteiger partial charge in [-0.15, -0.1) is 12.3 Å². The number of benzene rings is 2. The number of carbonyl (C=O) groups excluding carboxylic acids is 5. The van der Waals surface area contributed by atoms with Gasteiger partial charge in [0.2, 0.25) is 5.91 Å². The topological polar surface area (TPSA) is 138 Å². The van der Waals surface area contributed by atoms with Gasteiger partial charge in [-0.25, -0.2) is 9.59 Å². The summed E-state index contributed by atoms with van der Waals surface area (Å²) in [4.78, 5) is 64.8. The van der Waals surface area contributed by atoms with E-state index in [9.17, 15) is 24.0 Å². The normalized spacial score (nSPS) is 12.7. The molecule has 0 radical (unpaired) electrons. The highest BCUT2D eigenvalue weighted by Gasteiger charge is 2.46. The molecule has 220 valence electrons. The Bertz CT molecular complexity index is 1240. The van der Waals surface area contributed by atoms with Crippen LogP contribution in [0.2, 0.25) is 0 Å². The van der Waals surface area contributed by atoms with Crippen LogP contribution in [0.5, 0.6) is 0 Å². The Kier molecular flexibility index (Phi) is 12.9. The van der Waals surface area contributed by atoms with Crippen molar-refractivity contribution >= 4 is 29.7 Å². The lowest BCUT2D eigenvalue weighted by Crippen LogP contribution is -2.36. The van der Waals surface area contributed by atoms with E-state index in [1.807, 2.05) is 0 Å². The SMILES string of the molecule is C#CCCOCCNC(=O)CCOCCN1C(=O)C(C(=O)OCc2ccccc2)=C(C(=O)OCc2ccccc2)C1=O. The molecule has 2 aromatic rings. The quantitative estimate of drug-likeness (QED) is 0.0981. The highest BCUT2D eigenvalue weighted by atomic mass is 16.5. The van der Waals surface area contributed by atoms with Gasteiger partial charge < -0.3 is 24.3 Å². The monoisotopic (exact) mass is 576 g/mol. The first kappa shape index (κ1) is 31.7. The third kappa shape index (κ3) is 9.69. The summed E-state index contributed by atoms with van der Waals surface area (Å²) in [6.45, 7) is 0.359. The van der Waals surface area contributed by atoms with E-state index in [0.717, 1.165) is 4.90 Å². The molecule has 1 heterocycles. The van der Waals surface area contributed by atoms with Crippen LogP contribution in [0.15, 0.2) is 71.8 Å². The molecule has 42 heavy (non-hydrogen) atoms. The molecule has 3 rings (SSSR count). The molecular formula is C31H32N2O9. The number of carbonyl (C=O) groups is 5. The Morgan fingerprint density at radius 3 is 1.79 bits per heavy atom. The van der Waals surface area contributed by atoms with Crippen LogP contribution in [-0.4, -0.2) is 74.1 Å². The molecule has 11 heteroatoms. The van der Waals surface area contributed by atoms with E-state index in [0.29, 0.717) is 37.3 Å². The number of rotatable bonds is 17. The molecule has 1 aliphatic heterocycles. The molecule has 1 aliphatic rings. The van der Waals surface area contributed by atoms with Crippen molar-refractivity contribution in [2.75, 3.05) is 39.5 Å². The van der Waals surface area contributed by atoms with Crippen molar-refractivity contribution in [1.82, 2.24) is 10.2 Å². The molecule has 1 N–H and O–H groups in total. The van der Waals surface area contributed by atoms with Gasteiger partial charge in [-0.3, -0.25) is 19.3 Å². The molecule has 3 amide bonds. The number of ether oxygens (including phenoxy) is 4. The summed E-state index contributed by atoms with van der Waals surface area (Å²) in [6.07, 6.45) is 5.67. The maximum Gasteiger partial charge on any atom is 0.345 e. The van der Waals surface area contributed by atoms with E-state index in [-0.39, 0.29) is 45.3 Å². The molecule has 0 spiro atoms. The summed E-state index contributed by atoms with van der Waals surface area (Å²) in [6, 6.07) is 17.5. The third-order valence-electron chi connectivity index (χ3n) is 5.89. The second kappa shape index (κ2) is 17.1. The number of amides is 3. The number of hydrogen-bond acceptors (Lipinski definition) is 9. The molecule has 0 unspecified atom stereocenters. The van der Waals surface area contributed by atoms with Gasteiger partial charge in [-0.2, -0.15) is 0 Å². The predicted molar refractivity (Wildman–Crippen MR) is 149 cm³/mol. The summed E-state index contributed by atoms with van der Waals surface area (Å²) in [7, 11) is 0. The zero-order valence-electron chi connectivity index (χ0n) is 23.0. The fourth-order valence-corrected chi connectivity index (χ4v) is 3.76. The van der Waals surface area contributed by atoms with Gasteiger partial charge in [0.15, 0.2) is 0 Å². The Labute approximate surface area is 243 Å². The lowest BCUT2D eigenvalue weighted by atomic mass is 10.1. The molecule has 0 aromatic heterocycles. The van der Waals surface area contributed by atoms with E-state index < -0.39 is 34.9 Å². The second-order valence-corrected chi connectivity index (χ2v) is 8.91. The van der Waals surface area contributed by atoms with Crippen molar-refractivity contribution in [1.29, 1.82) is 0 Å². The average molecular weight is 577 g/mol. The Morgan fingerprint density at radius 1 is 0.738 bits per heavy atom. The van der Waals surface area contributed by atoms with Crippen molar-refractivity contribution in [2.45, 2.75) is 26.1 Å². The van der Waals surface area contributed by atoms with Crippen LogP contribution in [0.25, 0.3) is 0 Å². The first-order valence-electron chi connectivity index (χ1n) is 13.3. The minimum absolute atomic E-state index is 0.0192. The van der Waals surface area contributed by atoms with Crippen LogP contribution in [0.1, 0.15) is 24.0 Å². The van der Waals surface area contributed by atoms with Gasteiger partial charge in [-0.05, 0) is 11.1 Å². The molecular weight excluding hydrogens is 544 g/mol. The Hall–Kier alpha value is -4.79. The zero-order chi connectivity index (χ0) is 30.2. The zero-order valence-corrected chi connectivity index (χ0v) is 23.0. The number of hydrogen-bond donors (Lipinski definition) is 1. The molecule has 0 bridgehead atoms. The van der Waals surface area contributed by atoms with Crippen LogP contribution < -0.4 is 5.32 Å². The number of nitrogens with zero attached hydrogens (tertiary/aromatic N) is 1. The fourth-order valence-electron chi connectivity index (χ4n) is 3.76. The standard InChI is InChI=1S/C31H32N2O9/c1-2-3-17-39-19-15-32-25(34)14-18-40-20-16-33-28(35)26(30(37)41-21-23-10-6-4-7-11-23)27(29(33)36)31(38)42-22-24-12-8-5-9-13-24/h1,4-13H,3,14-22H2,(H,32,34). The minimum Gasteiger partial charge on any atom is -0.457 e. The van der Waals surface area contributed by atoms with Crippen molar-refractivity contribution in [2.24, 2.45) is 0 Å². The van der Waals surface area contributed by atoms with E-state index in [4.69, 9.17) is 25.4 Å². The molecule has 0 fully saturated rings. The van der Waals surface area contributed by atoms with Gasteiger partial charge in [0.25, 0.3) is 11.8 Å². The van der Waals surface area contributed by atoms with Crippen molar-refractivity contribution in [3.8, 4) is 12.3 Å². The van der Waals surface area contributed by atoms with Crippen LogP contribution in [0.3, 0.4) is 0 Å². The second-order valence-electron chi connectivity index (χ2n) is 8.91. The summed E-state index contributed by atoms with van der Waals surface area (Å²) >= 11 is 0. The maximum atomic E-state index is 13.1. The van der Waals surface area contributed by atoms with Gasteiger partial charge in [-0.1, -0.05) is 60.7 Å². The number of terminal acetylenes is 1. The molecule has 0 atom stereocenters. The van der Waals surface area contributed by atoms with Gasteiger partial charge in [0, 0.05) is 19.4 Å². The van der Waals surface area contributed by atoms with Crippen molar-refractivity contribution in [3.63, 3.8) is 0 Å². The largest absolute Gasteiger partial charge is 0.457 e. The van der Waals surface area contributed by atoms with E-state index in [1.54, 1.807) is 60.7 Å². The Balaban J connectivity index is 1.56. The molecule has 0 saturated heterocycles. The molecule has 0 saturated carbocycles. The van der Waals surface area contributed by atoms with Crippen LogP contribution in [0.4, 0.5) is 0 Å². The first-order valence-corrected chi connectivity index (χ1v) is 13.3. The highest BCUT2D eigenvalue weighted by Crippen LogP contribution is 2.24. The summed E-state index contributed by atoms with van der Waals surface area (Å²) in [5, 5.41) is 2.67. The lowest BCUT2D eigenvalue weighted by molar-refractivity contribution is -0.144. The number of esters is 2. The Morgan fingerprint density at radius 2 is 1.26 bits per heavy atom. The lowest BCUT2D eigenvalue weighted by Gasteiger charge is -2.15. The summed E-state index contributed by atoms with van der Waals surface area (Å²) < 4.78 is 21.2. The number of imide groups is 1. The highest BCUT2D eigenvalue weighted by molar-refractivity contribution is 6.38. The van der Waals surface area contributed by atoms with Crippen molar-refractivity contribution in [3.05, 3.63) is 82.9 Å². The van der Waals surface area contributed by atoms with E-state index >= 15 is 0 Å². The third-order valence-corrected chi connectivity index (χ3v) is 5.89. The molecule has 0 aliphatic carbocycles. The predicted octanol–water partition coefficient (Wildman–Crippen LogP) is 1.70. The van der Waals surface area contributed by atoms with E-state index in [1.165, 1.54) is 0 Å². The van der Waals surface area contributed by atoms with Crippen LogP contribution in [-0.2, 0) is 56.1 Å². The fraction of sp³-hybridized carbons (Fsp3) is 0.323. The molecule has 2 aromatic carbocycles. The first-order chi connectivity index (χ1) is 20.4. The van der Waals surface area contributed by atoms with Crippen molar-refractivity contribution < 1.29 is 42.9 Å². The van der Waals surface area contributed by atoms with Crippen LogP contribution in [0, 0.1) is 12.3 Å². The number of nitrogens with one attached hydrogen (secondary N) is 1.